The van der Waals surface area contributed by atoms with Gasteiger partial charge in [0.2, 0.25) is 0 Å². The van der Waals surface area contributed by atoms with Gasteiger partial charge in [0.05, 0.1) is 5.39 Å². The van der Waals surface area contributed by atoms with Crippen molar-refractivity contribution in [3.63, 3.8) is 0 Å². The van der Waals surface area contributed by atoms with Crippen LogP contribution in [0.15, 0.2) is 22.3 Å². The summed E-state index contributed by atoms with van der Waals surface area (Å²) in [7, 11) is 2.13. The van der Waals surface area contributed by atoms with Crippen molar-refractivity contribution in [3.8, 4) is 0 Å². The van der Waals surface area contributed by atoms with E-state index in [9.17, 15) is 4.79 Å². The molecule has 0 radical (unpaired) electrons. The summed E-state index contributed by atoms with van der Waals surface area (Å²) in [5, 5.41) is 2.76. The molecule has 90 valence electrons. The molecule has 3 rings (SSSR count). The minimum absolute atomic E-state index is 0.0256. The van der Waals surface area contributed by atoms with E-state index in [0.29, 0.717) is 0 Å². The van der Waals surface area contributed by atoms with Crippen LogP contribution >= 0.6 is 11.3 Å². The number of hydrogen-bond donors (Lipinski definition) is 1. The van der Waals surface area contributed by atoms with Crippen molar-refractivity contribution in [3.05, 3.63) is 27.9 Å². The fourth-order valence-corrected chi connectivity index (χ4v) is 3.00. The van der Waals surface area contributed by atoms with Crippen LogP contribution in [0.5, 0.6) is 0 Å². The summed E-state index contributed by atoms with van der Waals surface area (Å²) in [5.74, 6) is 0.957. The van der Waals surface area contributed by atoms with Crippen LogP contribution in [0.4, 0.5) is 5.82 Å². The maximum absolute atomic E-state index is 11.9. The lowest BCUT2D eigenvalue weighted by Gasteiger charge is -2.33. The van der Waals surface area contributed by atoms with Crippen LogP contribution in [0, 0.1) is 0 Å². The molecule has 17 heavy (non-hydrogen) atoms. The monoisotopic (exact) mass is 249 g/mol. The third-order valence-corrected chi connectivity index (χ3v) is 4.16. The summed E-state index contributed by atoms with van der Waals surface area (Å²) in [6, 6.07) is 3.97. The molecule has 0 amide bonds. The second-order valence-corrected chi connectivity index (χ2v) is 5.42. The average Bonchev–Trinajstić information content (AvgIpc) is 2.78. The highest BCUT2D eigenvalue weighted by Gasteiger charge is 2.15. The smallest absolute Gasteiger partial charge is 0.258 e. The molecule has 0 aliphatic carbocycles. The Morgan fingerprint density at radius 3 is 2.82 bits per heavy atom. The molecule has 2 aromatic rings. The quantitative estimate of drug-likeness (QED) is 0.829. The first-order chi connectivity index (χ1) is 8.24. The van der Waals surface area contributed by atoms with Gasteiger partial charge in [-0.05, 0) is 24.6 Å². The zero-order chi connectivity index (χ0) is 11.8. The molecule has 0 unspecified atom stereocenters. The Labute approximate surface area is 103 Å². The minimum Gasteiger partial charge on any atom is -0.355 e. The van der Waals surface area contributed by atoms with Gasteiger partial charge in [-0.1, -0.05) is 0 Å². The van der Waals surface area contributed by atoms with Crippen molar-refractivity contribution in [2.24, 2.45) is 0 Å². The Kier molecular flexibility index (Phi) is 2.64. The van der Waals surface area contributed by atoms with Crippen molar-refractivity contribution in [1.82, 2.24) is 9.88 Å². The molecule has 2 aromatic heterocycles. The molecule has 3 heterocycles. The number of fused-ring (bicyclic) bond motifs is 1. The predicted molar refractivity (Wildman–Crippen MR) is 72.2 cm³/mol. The van der Waals surface area contributed by atoms with E-state index in [-0.39, 0.29) is 5.56 Å². The first-order valence-corrected chi connectivity index (χ1v) is 6.66. The second-order valence-electron chi connectivity index (χ2n) is 4.47. The summed E-state index contributed by atoms with van der Waals surface area (Å²) < 4.78 is 1.07. The van der Waals surface area contributed by atoms with Gasteiger partial charge in [-0.15, -0.1) is 11.3 Å². The molecule has 1 aliphatic heterocycles. The lowest BCUT2D eigenvalue weighted by Crippen LogP contribution is -2.45. The van der Waals surface area contributed by atoms with E-state index in [2.05, 4.69) is 27.9 Å². The van der Waals surface area contributed by atoms with Gasteiger partial charge in [-0.25, -0.2) is 0 Å². The van der Waals surface area contributed by atoms with Crippen molar-refractivity contribution in [2.75, 3.05) is 38.1 Å². The first kappa shape index (κ1) is 10.8. The van der Waals surface area contributed by atoms with Crippen molar-refractivity contribution in [1.29, 1.82) is 0 Å². The van der Waals surface area contributed by atoms with E-state index in [4.69, 9.17) is 0 Å². The number of rotatable bonds is 1. The van der Waals surface area contributed by atoms with Gasteiger partial charge in [0.15, 0.2) is 0 Å². The molecule has 1 fully saturated rings. The molecular formula is C12H15N3OS. The van der Waals surface area contributed by atoms with Gasteiger partial charge in [-0.2, -0.15) is 0 Å². The van der Waals surface area contributed by atoms with Gasteiger partial charge < -0.3 is 14.8 Å². The number of hydrogen-bond acceptors (Lipinski definition) is 4. The molecule has 0 saturated carbocycles. The molecule has 1 N–H and O–H groups in total. The number of thiophene rings is 1. The number of pyridine rings is 1. The topological polar surface area (TPSA) is 39.3 Å². The van der Waals surface area contributed by atoms with Crippen molar-refractivity contribution in [2.45, 2.75) is 0 Å². The van der Waals surface area contributed by atoms with Crippen LogP contribution in [0.3, 0.4) is 0 Å². The van der Waals surface area contributed by atoms with Gasteiger partial charge >= 0.3 is 0 Å². The number of anilines is 1. The number of aromatic nitrogens is 1. The average molecular weight is 249 g/mol. The summed E-state index contributed by atoms with van der Waals surface area (Å²) in [5.41, 5.74) is 0.0256. The minimum atomic E-state index is 0.0256. The SMILES string of the molecule is CN1CCN(c2cc3sccc3c(=O)[nH]2)CC1. The van der Waals surface area contributed by atoms with Gasteiger partial charge in [-0.3, -0.25) is 4.79 Å². The maximum Gasteiger partial charge on any atom is 0.258 e. The van der Waals surface area contributed by atoms with E-state index in [1.54, 1.807) is 11.3 Å². The Morgan fingerprint density at radius 2 is 2.06 bits per heavy atom. The lowest BCUT2D eigenvalue weighted by atomic mass is 10.3. The summed E-state index contributed by atoms with van der Waals surface area (Å²) in [6.07, 6.45) is 0. The van der Waals surface area contributed by atoms with Crippen molar-refractivity contribution >= 4 is 27.2 Å². The number of piperazine rings is 1. The summed E-state index contributed by atoms with van der Waals surface area (Å²) >= 11 is 1.62. The standard InChI is InChI=1S/C12H15N3OS/c1-14-3-5-15(6-4-14)11-8-10-9(2-7-17-10)12(16)13-11/h2,7-8H,3-6H2,1H3,(H,13,16). The van der Waals surface area contributed by atoms with E-state index in [1.807, 2.05) is 11.4 Å². The molecule has 5 heteroatoms. The highest BCUT2D eigenvalue weighted by atomic mass is 32.1. The van der Waals surface area contributed by atoms with Gasteiger partial charge in [0.1, 0.15) is 5.82 Å². The first-order valence-electron chi connectivity index (χ1n) is 5.78. The zero-order valence-corrected chi connectivity index (χ0v) is 10.6. The molecule has 0 atom stereocenters. The number of nitrogens with zero attached hydrogens (tertiary/aromatic N) is 2. The Morgan fingerprint density at radius 1 is 1.29 bits per heavy atom. The second kappa shape index (κ2) is 4.16. The highest BCUT2D eigenvalue weighted by molar-refractivity contribution is 7.17. The van der Waals surface area contributed by atoms with Crippen LogP contribution in [0.25, 0.3) is 10.1 Å². The van der Waals surface area contributed by atoms with Crippen molar-refractivity contribution < 1.29 is 0 Å². The maximum atomic E-state index is 11.9. The fourth-order valence-electron chi connectivity index (χ4n) is 2.18. The van der Waals surface area contributed by atoms with E-state index in [0.717, 1.165) is 42.1 Å². The Bertz CT molecular complexity index is 581. The lowest BCUT2D eigenvalue weighted by molar-refractivity contribution is 0.312. The van der Waals surface area contributed by atoms with Crippen LogP contribution in [0.2, 0.25) is 0 Å². The molecule has 1 aliphatic rings. The number of H-pyrrole nitrogens is 1. The Balaban J connectivity index is 1.97. The van der Waals surface area contributed by atoms with Gasteiger partial charge in [0.25, 0.3) is 5.56 Å². The van der Waals surface area contributed by atoms with Crippen LogP contribution in [0.1, 0.15) is 0 Å². The van der Waals surface area contributed by atoms with Gasteiger partial charge in [0, 0.05) is 30.9 Å². The third-order valence-electron chi connectivity index (χ3n) is 3.29. The summed E-state index contributed by atoms with van der Waals surface area (Å²) in [6.45, 7) is 4.04. The normalized spacial score (nSPS) is 17.8. The number of nitrogens with one attached hydrogen (secondary N) is 1. The molecular weight excluding hydrogens is 234 g/mol. The largest absolute Gasteiger partial charge is 0.355 e. The molecule has 0 spiro atoms. The molecule has 4 nitrogen and oxygen atoms in total. The fraction of sp³-hybridized carbons (Fsp3) is 0.417. The Hall–Kier alpha value is -1.33. The van der Waals surface area contributed by atoms with Crippen LogP contribution in [-0.4, -0.2) is 43.1 Å². The molecule has 0 bridgehead atoms. The zero-order valence-electron chi connectivity index (χ0n) is 9.77. The highest BCUT2D eigenvalue weighted by Crippen LogP contribution is 2.21. The number of aromatic amines is 1. The number of likely N-dealkylation sites (N-methyl/N-ethyl adjacent to an activating group) is 1. The predicted octanol–water partition coefficient (Wildman–Crippen LogP) is 1.34. The molecule has 1 saturated heterocycles. The van der Waals surface area contributed by atoms with E-state index < -0.39 is 0 Å². The third kappa shape index (κ3) is 1.96. The summed E-state index contributed by atoms with van der Waals surface area (Å²) in [4.78, 5) is 19.4. The van der Waals surface area contributed by atoms with Crippen LogP contribution in [-0.2, 0) is 0 Å². The van der Waals surface area contributed by atoms with E-state index in [1.165, 1.54) is 0 Å². The van der Waals surface area contributed by atoms with Crippen LogP contribution < -0.4 is 10.5 Å². The van der Waals surface area contributed by atoms with E-state index >= 15 is 0 Å². The molecule has 0 aromatic carbocycles.